The summed E-state index contributed by atoms with van der Waals surface area (Å²) in [7, 11) is 0. The van der Waals surface area contributed by atoms with Crippen molar-refractivity contribution in [1.82, 2.24) is 5.32 Å². The fraction of sp³-hybridized carbons (Fsp3) is 0.562. The number of nitrogens with zero attached hydrogens (tertiary/aromatic N) is 1. The number of aliphatic carboxylic acids is 1. The molecule has 0 aromatic rings. The third kappa shape index (κ3) is 2.11. The molecular formula is C16H22N2O3. The Balaban J connectivity index is 2.53. The lowest BCUT2D eigenvalue weighted by Crippen LogP contribution is -2.48. The number of amidine groups is 1. The van der Waals surface area contributed by atoms with Gasteiger partial charge in [0.05, 0.1) is 11.3 Å². The first-order valence-corrected chi connectivity index (χ1v) is 7.14. The summed E-state index contributed by atoms with van der Waals surface area (Å²) in [6.07, 6.45) is 5.27. The van der Waals surface area contributed by atoms with Crippen LogP contribution in [0.3, 0.4) is 0 Å². The Morgan fingerprint density at radius 1 is 1.43 bits per heavy atom. The van der Waals surface area contributed by atoms with E-state index in [0.717, 1.165) is 5.57 Å². The molecule has 0 fully saturated rings. The van der Waals surface area contributed by atoms with E-state index in [9.17, 15) is 14.7 Å². The Kier molecular flexibility index (Phi) is 3.56. The predicted molar refractivity (Wildman–Crippen MR) is 81.0 cm³/mol. The molecule has 0 aromatic carbocycles. The third-order valence-electron chi connectivity index (χ3n) is 5.01. The van der Waals surface area contributed by atoms with Gasteiger partial charge in [-0.3, -0.25) is 14.6 Å². The minimum atomic E-state index is -0.920. The molecule has 0 saturated carbocycles. The topological polar surface area (TPSA) is 78.8 Å². The second kappa shape index (κ2) is 4.83. The zero-order valence-electron chi connectivity index (χ0n) is 13.1. The first-order valence-electron chi connectivity index (χ1n) is 7.14. The highest BCUT2D eigenvalue weighted by Crippen LogP contribution is 2.43. The number of carboxylic acids is 1. The molecule has 2 aliphatic rings. The molecule has 1 heterocycles. The van der Waals surface area contributed by atoms with Crippen molar-refractivity contribution in [2.75, 3.05) is 0 Å². The van der Waals surface area contributed by atoms with E-state index < -0.39 is 22.8 Å². The van der Waals surface area contributed by atoms with Crippen LogP contribution in [0.15, 0.2) is 28.8 Å². The molecule has 5 nitrogen and oxygen atoms in total. The third-order valence-corrected chi connectivity index (χ3v) is 5.01. The maximum Gasteiger partial charge on any atom is 0.311 e. The van der Waals surface area contributed by atoms with Crippen LogP contribution in [0.4, 0.5) is 0 Å². The standard InChI is InChI=1S/C16H22N2O3/c1-9(2)16(5)14(21)17-13(18-16)15(4)10(3)7-6-8-11(15)12(19)20/h6-9,11H,1-5H3,(H,19,20)(H,17,18,21). The molecule has 21 heavy (non-hydrogen) atoms. The summed E-state index contributed by atoms with van der Waals surface area (Å²) in [6, 6.07) is 0. The lowest BCUT2D eigenvalue weighted by atomic mass is 9.68. The van der Waals surface area contributed by atoms with Crippen LogP contribution in [0.1, 0.15) is 34.6 Å². The highest BCUT2D eigenvalue weighted by molar-refractivity contribution is 6.12. The average Bonchev–Trinajstić information content (AvgIpc) is 2.70. The van der Waals surface area contributed by atoms with Crippen LogP contribution in [-0.4, -0.2) is 28.4 Å². The van der Waals surface area contributed by atoms with Gasteiger partial charge in [0.1, 0.15) is 11.4 Å². The highest BCUT2D eigenvalue weighted by atomic mass is 16.4. The zero-order valence-corrected chi connectivity index (χ0v) is 13.1. The number of hydrogen-bond acceptors (Lipinski definition) is 3. The van der Waals surface area contributed by atoms with Crippen molar-refractivity contribution in [2.45, 2.75) is 40.2 Å². The van der Waals surface area contributed by atoms with Crippen LogP contribution in [0.25, 0.3) is 0 Å². The first kappa shape index (κ1) is 15.5. The van der Waals surface area contributed by atoms with Crippen molar-refractivity contribution in [3.8, 4) is 0 Å². The molecular weight excluding hydrogens is 268 g/mol. The van der Waals surface area contributed by atoms with E-state index in [2.05, 4.69) is 10.3 Å². The van der Waals surface area contributed by atoms with Gasteiger partial charge in [-0.15, -0.1) is 0 Å². The van der Waals surface area contributed by atoms with Crippen molar-refractivity contribution in [2.24, 2.45) is 22.2 Å². The molecule has 3 atom stereocenters. The summed E-state index contributed by atoms with van der Waals surface area (Å²) >= 11 is 0. The van der Waals surface area contributed by atoms with Crippen LogP contribution >= 0.6 is 0 Å². The summed E-state index contributed by atoms with van der Waals surface area (Å²) in [5, 5.41) is 12.3. The minimum Gasteiger partial charge on any atom is -0.481 e. The summed E-state index contributed by atoms with van der Waals surface area (Å²) in [5.74, 6) is -1.34. The van der Waals surface area contributed by atoms with Crippen LogP contribution in [-0.2, 0) is 9.59 Å². The molecule has 0 aromatic heterocycles. The Bertz CT molecular complexity index is 588. The fourth-order valence-corrected chi connectivity index (χ4v) is 2.77. The SMILES string of the molecule is CC1=CC=CC(C(=O)O)C1(C)C1=NC(C)(C(C)C)C(=O)N1. The molecule has 3 unspecified atom stereocenters. The van der Waals surface area contributed by atoms with Crippen molar-refractivity contribution in [3.05, 3.63) is 23.8 Å². The molecule has 0 spiro atoms. The number of carboxylic acid groups (broad SMARTS) is 1. The van der Waals surface area contributed by atoms with Crippen LogP contribution in [0, 0.1) is 17.3 Å². The van der Waals surface area contributed by atoms with Gasteiger partial charge < -0.3 is 10.4 Å². The summed E-state index contributed by atoms with van der Waals surface area (Å²) < 4.78 is 0. The zero-order chi connectivity index (χ0) is 16.0. The molecule has 1 amide bonds. The molecule has 1 aliphatic heterocycles. The monoisotopic (exact) mass is 290 g/mol. The van der Waals surface area contributed by atoms with E-state index in [1.165, 1.54) is 0 Å². The fourth-order valence-electron chi connectivity index (χ4n) is 2.77. The Hall–Kier alpha value is -1.91. The number of amides is 1. The van der Waals surface area contributed by atoms with Gasteiger partial charge in [-0.1, -0.05) is 37.6 Å². The summed E-state index contributed by atoms with van der Waals surface area (Å²) in [5.41, 5.74) is -0.796. The van der Waals surface area contributed by atoms with Gasteiger partial charge in [0, 0.05) is 0 Å². The van der Waals surface area contributed by atoms with Gasteiger partial charge in [-0.05, 0) is 26.7 Å². The van der Waals surface area contributed by atoms with Crippen LogP contribution < -0.4 is 5.32 Å². The highest BCUT2D eigenvalue weighted by Gasteiger charge is 2.51. The molecule has 0 radical (unpaired) electrons. The Labute approximate surface area is 124 Å². The smallest absolute Gasteiger partial charge is 0.311 e. The second-order valence-electron chi connectivity index (χ2n) is 6.47. The van der Waals surface area contributed by atoms with Gasteiger partial charge in [0.15, 0.2) is 0 Å². The van der Waals surface area contributed by atoms with E-state index in [4.69, 9.17) is 0 Å². The van der Waals surface area contributed by atoms with Crippen molar-refractivity contribution in [3.63, 3.8) is 0 Å². The van der Waals surface area contributed by atoms with E-state index in [1.54, 1.807) is 19.1 Å². The Morgan fingerprint density at radius 3 is 2.52 bits per heavy atom. The molecule has 2 N–H and O–H groups in total. The van der Waals surface area contributed by atoms with Gasteiger partial charge in [0.25, 0.3) is 5.91 Å². The van der Waals surface area contributed by atoms with Gasteiger partial charge >= 0.3 is 5.97 Å². The van der Waals surface area contributed by atoms with Gasteiger partial charge in [-0.2, -0.15) is 0 Å². The maximum atomic E-state index is 12.3. The van der Waals surface area contributed by atoms with E-state index in [1.807, 2.05) is 33.8 Å². The van der Waals surface area contributed by atoms with Gasteiger partial charge in [0.2, 0.25) is 0 Å². The molecule has 0 bridgehead atoms. The second-order valence-corrected chi connectivity index (χ2v) is 6.47. The van der Waals surface area contributed by atoms with Crippen molar-refractivity contribution < 1.29 is 14.7 Å². The van der Waals surface area contributed by atoms with Crippen molar-refractivity contribution >= 4 is 17.7 Å². The lowest BCUT2D eigenvalue weighted by Gasteiger charge is -2.36. The van der Waals surface area contributed by atoms with E-state index in [-0.39, 0.29) is 11.8 Å². The van der Waals surface area contributed by atoms with Crippen LogP contribution in [0.2, 0.25) is 0 Å². The predicted octanol–water partition coefficient (Wildman–Crippen LogP) is 2.15. The number of carbonyl (C=O) groups excluding carboxylic acids is 1. The molecule has 114 valence electrons. The number of allylic oxidation sites excluding steroid dienone is 2. The first-order chi connectivity index (χ1) is 9.64. The maximum absolute atomic E-state index is 12.3. The largest absolute Gasteiger partial charge is 0.481 e. The number of nitrogens with one attached hydrogen (secondary N) is 1. The normalized spacial score (nSPS) is 35.5. The molecule has 5 heteroatoms. The molecule has 2 rings (SSSR count). The number of hydrogen-bond donors (Lipinski definition) is 2. The van der Waals surface area contributed by atoms with E-state index >= 15 is 0 Å². The summed E-state index contributed by atoms with van der Waals surface area (Å²) in [6.45, 7) is 9.36. The summed E-state index contributed by atoms with van der Waals surface area (Å²) in [4.78, 5) is 28.5. The Morgan fingerprint density at radius 2 is 2.05 bits per heavy atom. The molecule has 1 aliphatic carbocycles. The van der Waals surface area contributed by atoms with Crippen molar-refractivity contribution in [1.29, 1.82) is 0 Å². The van der Waals surface area contributed by atoms with E-state index in [0.29, 0.717) is 5.84 Å². The van der Waals surface area contributed by atoms with Gasteiger partial charge in [-0.25, -0.2) is 0 Å². The number of carbonyl (C=O) groups is 2. The quantitative estimate of drug-likeness (QED) is 0.836. The minimum absolute atomic E-state index is 0.0327. The number of rotatable bonds is 3. The molecule has 0 saturated heterocycles. The van der Waals surface area contributed by atoms with Crippen LogP contribution in [0.5, 0.6) is 0 Å². The number of aliphatic imine (C=N–C) groups is 1. The lowest BCUT2D eigenvalue weighted by molar-refractivity contribution is -0.142. The average molecular weight is 290 g/mol.